The molecule has 0 aromatic carbocycles. The lowest BCUT2D eigenvalue weighted by Gasteiger charge is -2.32. The average molecular weight is 414 g/mol. The second-order valence-electron chi connectivity index (χ2n) is 6.56. The predicted octanol–water partition coefficient (Wildman–Crippen LogP) is 3.46. The summed E-state index contributed by atoms with van der Waals surface area (Å²) in [6.45, 7) is 1.59. The Hall–Kier alpha value is -2.55. The lowest BCUT2D eigenvalue weighted by atomic mass is 9.96. The molecule has 28 heavy (non-hydrogen) atoms. The number of nitrogens with one attached hydrogen (secondary N) is 1. The Labute approximate surface area is 164 Å². The van der Waals surface area contributed by atoms with Crippen molar-refractivity contribution >= 4 is 29.1 Å². The molecule has 1 amide bonds. The van der Waals surface area contributed by atoms with Crippen molar-refractivity contribution in [2.45, 2.75) is 25.6 Å². The van der Waals surface area contributed by atoms with E-state index in [4.69, 9.17) is 17.3 Å². The van der Waals surface area contributed by atoms with Gasteiger partial charge in [0.1, 0.15) is 11.6 Å². The molecule has 0 bridgehead atoms. The van der Waals surface area contributed by atoms with Gasteiger partial charge in [0.2, 0.25) is 5.91 Å². The fourth-order valence-electron chi connectivity index (χ4n) is 3.13. The maximum Gasteiger partial charge on any atom is 0.417 e. The number of amides is 1. The van der Waals surface area contributed by atoms with Crippen LogP contribution in [0.3, 0.4) is 0 Å². The maximum absolute atomic E-state index is 12.7. The van der Waals surface area contributed by atoms with Crippen LogP contribution in [0, 0.1) is 5.92 Å². The molecule has 10 heteroatoms. The van der Waals surface area contributed by atoms with Gasteiger partial charge in [-0.15, -0.1) is 0 Å². The van der Waals surface area contributed by atoms with Gasteiger partial charge in [-0.1, -0.05) is 17.7 Å². The molecule has 1 saturated heterocycles. The molecule has 3 N–H and O–H groups in total. The molecule has 0 radical (unpaired) electrons. The van der Waals surface area contributed by atoms with Gasteiger partial charge in [0.15, 0.2) is 0 Å². The van der Waals surface area contributed by atoms with E-state index in [9.17, 15) is 18.0 Å². The molecule has 3 heterocycles. The van der Waals surface area contributed by atoms with Crippen LogP contribution in [0.2, 0.25) is 5.02 Å². The fourth-order valence-corrected chi connectivity index (χ4v) is 3.36. The monoisotopic (exact) mass is 413 g/mol. The van der Waals surface area contributed by atoms with Gasteiger partial charge in [0.05, 0.1) is 10.6 Å². The Balaban J connectivity index is 1.70. The highest BCUT2D eigenvalue weighted by Crippen LogP contribution is 2.32. The van der Waals surface area contributed by atoms with Crippen LogP contribution in [-0.4, -0.2) is 29.0 Å². The molecule has 0 unspecified atom stereocenters. The fraction of sp³-hybridized carbons (Fsp3) is 0.389. The van der Waals surface area contributed by atoms with Crippen LogP contribution in [0.1, 0.15) is 24.0 Å². The van der Waals surface area contributed by atoms with E-state index in [1.54, 1.807) is 12.3 Å². The van der Waals surface area contributed by atoms with E-state index < -0.39 is 11.7 Å². The van der Waals surface area contributed by atoms with Gasteiger partial charge in [0.25, 0.3) is 0 Å². The van der Waals surface area contributed by atoms with Crippen LogP contribution in [0.4, 0.5) is 24.8 Å². The molecule has 0 atom stereocenters. The molecular weight excluding hydrogens is 395 g/mol. The van der Waals surface area contributed by atoms with Crippen LogP contribution in [0.5, 0.6) is 0 Å². The SMILES string of the molecule is NC(=O)C1CCN(c2ncccc2CNc2ncc(C(F)(F)F)cc2Cl)CC1. The summed E-state index contributed by atoms with van der Waals surface area (Å²) in [5.41, 5.74) is 5.32. The number of piperidine rings is 1. The van der Waals surface area contributed by atoms with Crippen molar-refractivity contribution in [3.05, 3.63) is 46.7 Å². The van der Waals surface area contributed by atoms with Crippen molar-refractivity contribution < 1.29 is 18.0 Å². The Bertz CT molecular complexity index is 853. The lowest BCUT2D eigenvalue weighted by Crippen LogP contribution is -2.39. The summed E-state index contributed by atoms with van der Waals surface area (Å²) in [6, 6.07) is 4.49. The standard InChI is InChI=1S/C18H19ClF3N5O/c19-14-8-13(18(20,21)22)10-26-16(14)25-9-12-2-1-5-24-17(12)27-6-3-11(4-7-27)15(23)28/h1-2,5,8,10-11H,3-4,6-7,9H2,(H2,23,28)(H,25,26). The third-order valence-electron chi connectivity index (χ3n) is 4.68. The second kappa shape index (κ2) is 8.22. The van der Waals surface area contributed by atoms with Crippen LogP contribution in [-0.2, 0) is 17.5 Å². The molecule has 150 valence electrons. The molecule has 3 rings (SSSR count). The highest BCUT2D eigenvalue weighted by Gasteiger charge is 2.31. The summed E-state index contributed by atoms with van der Waals surface area (Å²) >= 11 is 5.94. The molecule has 1 aliphatic heterocycles. The molecule has 0 saturated carbocycles. The van der Waals surface area contributed by atoms with Crippen molar-refractivity contribution in [2.75, 3.05) is 23.3 Å². The number of rotatable bonds is 5. The third kappa shape index (κ3) is 4.64. The number of carbonyl (C=O) groups is 1. The van der Waals surface area contributed by atoms with E-state index in [0.29, 0.717) is 25.9 Å². The first-order chi connectivity index (χ1) is 13.3. The van der Waals surface area contributed by atoms with E-state index >= 15 is 0 Å². The normalized spacial score (nSPS) is 15.5. The minimum Gasteiger partial charge on any atom is -0.369 e. The van der Waals surface area contributed by atoms with Crippen LogP contribution in [0.15, 0.2) is 30.6 Å². The van der Waals surface area contributed by atoms with Crippen molar-refractivity contribution in [3.63, 3.8) is 0 Å². The number of pyridine rings is 2. The number of anilines is 2. The molecule has 0 spiro atoms. The number of alkyl halides is 3. The average Bonchev–Trinajstić information content (AvgIpc) is 2.66. The highest BCUT2D eigenvalue weighted by atomic mass is 35.5. The number of nitrogens with two attached hydrogens (primary N) is 1. The Kier molecular flexibility index (Phi) is 5.93. The first-order valence-electron chi connectivity index (χ1n) is 8.70. The number of carbonyl (C=O) groups excluding carboxylic acids is 1. The minimum atomic E-state index is -4.50. The summed E-state index contributed by atoms with van der Waals surface area (Å²) in [5.74, 6) is 0.500. The van der Waals surface area contributed by atoms with Crippen LogP contribution < -0.4 is 16.0 Å². The Morgan fingerprint density at radius 1 is 1.32 bits per heavy atom. The number of halogens is 4. The van der Waals surface area contributed by atoms with Crippen molar-refractivity contribution in [1.29, 1.82) is 0 Å². The molecule has 1 fully saturated rings. The number of primary amides is 1. The van der Waals surface area contributed by atoms with Gasteiger partial charge in [-0.2, -0.15) is 13.2 Å². The summed E-state index contributed by atoms with van der Waals surface area (Å²) in [6.07, 6.45) is -0.770. The molecule has 2 aromatic heterocycles. The van der Waals surface area contributed by atoms with E-state index in [1.807, 2.05) is 6.07 Å². The zero-order chi connectivity index (χ0) is 20.3. The predicted molar refractivity (Wildman–Crippen MR) is 99.9 cm³/mol. The number of hydrogen-bond acceptors (Lipinski definition) is 5. The summed E-state index contributed by atoms with van der Waals surface area (Å²) in [5, 5.41) is 2.85. The van der Waals surface area contributed by atoms with Gasteiger partial charge < -0.3 is 16.0 Å². The minimum absolute atomic E-state index is 0.109. The van der Waals surface area contributed by atoms with E-state index in [0.717, 1.165) is 23.6 Å². The lowest BCUT2D eigenvalue weighted by molar-refractivity contribution is -0.137. The van der Waals surface area contributed by atoms with Crippen LogP contribution >= 0.6 is 11.6 Å². The van der Waals surface area contributed by atoms with Gasteiger partial charge in [0, 0.05) is 43.5 Å². The number of aromatic nitrogens is 2. The third-order valence-corrected chi connectivity index (χ3v) is 4.97. The summed E-state index contributed by atoms with van der Waals surface area (Å²) in [7, 11) is 0. The zero-order valence-corrected chi connectivity index (χ0v) is 15.6. The smallest absolute Gasteiger partial charge is 0.369 e. The molecule has 2 aromatic rings. The first kappa shape index (κ1) is 20.2. The van der Waals surface area contributed by atoms with Crippen molar-refractivity contribution in [3.8, 4) is 0 Å². The highest BCUT2D eigenvalue weighted by molar-refractivity contribution is 6.32. The zero-order valence-electron chi connectivity index (χ0n) is 14.8. The molecular formula is C18H19ClF3N5O. The van der Waals surface area contributed by atoms with Gasteiger partial charge in [-0.25, -0.2) is 9.97 Å². The Morgan fingerprint density at radius 3 is 2.64 bits per heavy atom. The number of hydrogen-bond donors (Lipinski definition) is 2. The quantitative estimate of drug-likeness (QED) is 0.784. The second-order valence-corrected chi connectivity index (χ2v) is 6.96. The summed E-state index contributed by atoms with van der Waals surface area (Å²) in [4.78, 5) is 21.6. The van der Waals surface area contributed by atoms with E-state index in [2.05, 4.69) is 20.2 Å². The molecule has 6 nitrogen and oxygen atoms in total. The number of nitrogens with zero attached hydrogens (tertiary/aromatic N) is 3. The molecule has 0 aliphatic carbocycles. The maximum atomic E-state index is 12.7. The largest absolute Gasteiger partial charge is 0.417 e. The topological polar surface area (TPSA) is 84.1 Å². The molecule has 1 aliphatic rings. The van der Waals surface area contributed by atoms with Crippen molar-refractivity contribution in [2.24, 2.45) is 11.7 Å². The Morgan fingerprint density at radius 2 is 2.04 bits per heavy atom. The van der Waals surface area contributed by atoms with Crippen LogP contribution in [0.25, 0.3) is 0 Å². The van der Waals surface area contributed by atoms with Gasteiger partial charge >= 0.3 is 6.18 Å². The van der Waals surface area contributed by atoms with Gasteiger partial charge in [-0.3, -0.25) is 4.79 Å². The van der Waals surface area contributed by atoms with E-state index in [-0.39, 0.29) is 29.2 Å². The summed E-state index contributed by atoms with van der Waals surface area (Å²) < 4.78 is 38.2. The van der Waals surface area contributed by atoms with E-state index in [1.165, 1.54) is 0 Å². The van der Waals surface area contributed by atoms with Crippen molar-refractivity contribution in [1.82, 2.24) is 9.97 Å². The first-order valence-corrected chi connectivity index (χ1v) is 9.08. The van der Waals surface area contributed by atoms with Gasteiger partial charge in [-0.05, 0) is 25.0 Å².